The molecule has 1 heterocycles. The molecular weight excluding hydrogens is 267 g/mol. The fourth-order valence-electron chi connectivity index (χ4n) is 2.16. The molecule has 1 aromatic carbocycles. The minimum absolute atomic E-state index is 0.0427. The summed E-state index contributed by atoms with van der Waals surface area (Å²) < 4.78 is 39.4. The molecule has 0 aliphatic carbocycles. The summed E-state index contributed by atoms with van der Waals surface area (Å²) in [7, 11) is -3.66. The molecule has 0 saturated carbocycles. The van der Waals surface area contributed by atoms with Gasteiger partial charge >= 0.3 is 0 Å². The number of benzene rings is 1. The van der Waals surface area contributed by atoms with Crippen LogP contribution in [0.25, 0.3) is 0 Å². The van der Waals surface area contributed by atoms with E-state index in [4.69, 9.17) is 5.26 Å². The number of hydrogen-bond acceptors (Lipinski definition) is 3. The Morgan fingerprint density at radius 2 is 2.00 bits per heavy atom. The van der Waals surface area contributed by atoms with Crippen molar-refractivity contribution in [2.75, 3.05) is 13.1 Å². The third-order valence-electron chi connectivity index (χ3n) is 3.34. The van der Waals surface area contributed by atoms with Gasteiger partial charge in [0.1, 0.15) is 6.17 Å². The summed E-state index contributed by atoms with van der Waals surface area (Å²) in [5.74, 6) is -0.523. The molecule has 0 aromatic heterocycles. The second kappa shape index (κ2) is 5.27. The minimum Gasteiger partial charge on any atom is -0.246 e. The second-order valence-electron chi connectivity index (χ2n) is 4.77. The summed E-state index contributed by atoms with van der Waals surface area (Å²) in [6, 6.07) is 8.37. The van der Waals surface area contributed by atoms with Crippen molar-refractivity contribution < 1.29 is 12.8 Å². The van der Waals surface area contributed by atoms with Crippen LogP contribution in [0.4, 0.5) is 4.39 Å². The highest BCUT2D eigenvalue weighted by Crippen LogP contribution is 2.28. The van der Waals surface area contributed by atoms with E-state index in [9.17, 15) is 12.8 Å². The lowest BCUT2D eigenvalue weighted by molar-refractivity contribution is 0.284. The van der Waals surface area contributed by atoms with Gasteiger partial charge in [0.2, 0.25) is 10.0 Å². The monoisotopic (exact) mass is 282 g/mol. The maximum atomic E-state index is 13.7. The third kappa shape index (κ3) is 2.77. The van der Waals surface area contributed by atoms with Crippen LogP contribution in [0, 0.1) is 24.2 Å². The van der Waals surface area contributed by atoms with Gasteiger partial charge in [-0.3, -0.25) is 0 Å². The maximum Gasteiger partial charge on any atom is 0.243 e. The first-order chi connectivity index (χ1) is 8.95. The van der Waals surface area contributed by atoms with Crippen LogP contribution in [0.3, 0.4) is 0 Å². The number of sulfonamides is 1. The molecule has 1 aromatic rings. The Bertz CT molecular complexity index is 592. The molecule has 6 heteroatoms. The van der Waals surface area contributed by atoms with Gasteiger partial charge in [-0.2, -0.15) is 9.57 Å². The Morgan fingerprint density at radius 1 is 1.37 bits per heavy atom. The predicted octanol–water partition coefficient (Wildman–Crippen LogP) is 1.87. The van der Waals surface area contributed by atoms with Crippen molar-refractivity contribution in [2.45, 2.75) is 24.4 Å². The van der Waals surface area contributed by atoms with Crippen molar-refractivity contribution in [1.29, 1.82) is 5.26 Å². The lowest BCUT2D eigenvalue weighted by Gasteiger charge is -2.15. The highest BCUT2D eigenvalue weighted by atomic mass is 32.2. The summed E-state index contributed by atoms with van der Waals surface area (Å²) in [5, 5.41) is 8.60. The zero-order valence-electron chi connectivity index (χ0n) is 10.6. The van der Waals surface area contributed by atoms with Gasteiger partial charge in [-0.05, 0) is 19.1 Å². The van der Waals surface area contributed by atoms with Gasteiger partial charge in [0.05, 0.1) is 11.0 Å². The van der Waals surface area contributed by atoms with Crippen molar-refractivity contribution in [3.63, 3.8) is 0 Å². The average molecular weight is 282 g/mol. The van der Waals surface area contributed by atoms with Gasteiger partial charge < -0.3 is 0 Å². The smallest absolute Gasteiger partial charge is 0.243 e. The standard InChI is InChI=1S/C13H15FN2O2S/c1-10-2-4-12(5-3-10)19(17,18)16-8-11(6-7-15)13(14)9-16/h2-5,11,13H,6,8-9H2,1H3/t11-,13-/m0/s1. The predicted molar refractivity (Wildman–Crippen MR) is 68.6 cm³/mol. The molecule has 102 valence electrons. The number of rotatable bonds is 3. The first-order valence-electron chi connectivity index (χ1n) is 6.03. The number of halogens is 1. The van der Waals surface area contributed by atoms with E-state index in [1.807, 2.05) is 13.0 Å². The fraction of sp³-hybridized carbons (Fsp3) is 0.462. The molecule has 1 aliphatic heterocycles. The number of nitriles is 1. The van der Waals surface area contributed by atoms with Crippen molar-refractivity contribution in [1.82, 2.24) is 4.31 Å². The van der Waals surface area contributed by atoms with Crippen LogP contribution in [0.5, 0.6) is 0 Å². The van der Waals surface area contributed by atoms with Crippen LogP contribution in [-0.4, -0.2) is 32.0 Å². The zero-order chi connectivity index (χ0) is 14.0. The number of hydrogen-bond donors (Lipinski definition) is 0. The van der Waals surface area contributed by atoms with Crippen molar-refractivity contribution in [2.24, 2.45) is 5.92 Å². The van der Waals surface area contributed by atoms with Crippen LogP contribution in [-0.2, 0) is 10.0 Å². The molecule has 1 fully saturated rings. The Kier molecular flexibility index (Phi) is 3.88. The molecular formula is C13H15FN2O2S. The number of nitrogens with zero attached hydrogens (tertiary/aromatic N) is 2. The average Bonchev–Trinajstić information content (AvgIpc) is 2.73. The molecule has 4 nitrogen and oxygen atoms in total. The first kappa shape index (κ1) is 14.0. The van der Waals surface area contributed by atoms with Gasteiger partial charge in [-0.1, -0.05) is 17.7 Å². The Labute approximate surface area is 112 Å². The largest absolute Gasteiger partial charge is 0.246 e. The summed E-state index contributed by atoms with van der Waals surface area (Å²) in [5.41, 5.74) is 0.964. The second-order valence-corrected chi connectivity index (χ2v) is 6.71. The molecule has 0 spiro atoms. The van der Waals surface area contributed by atoms with E-state index in [0.29, 0.717) is 0 Å². The number of aryl methyl sites for hydroxylation is 1. The highest BCUT2D eigenvalue weighted by Gasteiger charge is 2.39. The van der Waals surface area contributed by atoms with E-state index in [-0.39, 0.29) is 24.4 Å². The summed E-state index contributed by atoms with van der Waals surface area (Å²) >= 11 is 0. The molecule has 0 unspecified atom stereocenters. The first-order valence-corrected chi connectivity index (χ1v) is 7.47. The van der Waals surface area contributed by atoms with E-state index in [1.54, 1.807) is 12.1 Å². The Morgan fingerprint density at radius 3 is 2.58 bits per heavy atom. The number of alkyl halides is 1. The quantitative estimate of drug-likeness (QED) is 0.850. The van der Waals surface area contributed by atoms with E-state index < -0.39 is 22.1 Å². The van der Waals surface area contributed by atoms with Crippen LogP contribution >= 0.6 is 0 Å². The SMILES string of the molecule is Cc1ccc(S(=O)(=O)N2C[C@H](CC#N)[C@@H](F)C2)cc1. The van der Waals surface area contributed by atoms with Crippen molar-refractivity contribution in [3.8, 4) is 6.07 Å². The van der Waals surface area contributed by atoms with Crippen LogP contribution in [0.15, 0.2) is 29.2 Å². The summed E-state index contributed by atoms with van der Waals surface area (Å²) in [6.07, 6.45) is -1.22. The van der Waals surface area contributed by atoms with Gasteiger partial charge in [-0.25, -0.2) is 12.8 Å². The van der Waals surface area contributed by atoms with Crippen molar-refractivity contribution >= 4 is 10.0 Å². The Hall–Kier alpha value is -1.45. The Balaban J connectivity index is 2.22. The highest BCUT2D eigenvalue weighted by molar-refractivity contribution is 7.89. The summed E-state index contributed by atoms with van der Waals surface area (Å²) in [4.78, 5) is 0.169. The molecule has 0 N–H and O–H groups in total. The lowest BCUT2D eigenvalue weighted by atomic mass is 10.1. The van der Waals surface area contributed by atoms with Crippen LogP contribution in [0.2, 0.25) is 0 Å². The zero-order valence-corrected chi connectivity index (χ0v) is 11.4. The fourth-order valence-corrected chi connectivity index (χ4v) is 3.66. The van der Waals surface area contributed by atoms with Crippen LogP contribution in [0.1, 0.15) is 12.0 Å². The van der Waals surface area contributed by atoms with Crippen LogP contribution < -0.4 is 0 Å². The third-order valence-corrected chi connectivity index (χ3v) is 5.19. The van der Waals surface area contributed by atoms with E-state index >= 15 is 0 Å². The van der Waals surface area contributed by atoms with Crippen molar-refractivity contribution in [3.05, 3.63) is 29.8 Å². The van der Waals surface area contributed by atoms with Gasteiger partial charge in [0.25, 0.3) is 0 Å². The molecule has 19 heavy (non-hydrogen) atoms. The molecule has 2 rings (SSSR count). The molecule has 0 radical (unpaired) electrons. The van der Waals surface area contributed by atoms with Gasteiger partial charge in [0.15, 0.2) is 0 Å². The van der Waals surface area contributed by atoms with E-state index in [2.05, 4.69) is 0 Å². The minimum atomic E-state index is -3.66. The molecule has 1 aliphatic rings. The molecule has 0 amide bonds. The van der Waals surface area contributed by atoms with E-state index in [0.717, 1.165) is 9.87 Å². The topological polar surface area (TPSA) is 61.2 Å². The maximum absolute atomic E-state index is 13.7. The van der Waals surface area contributed by atoms with Gasteiger partial charge in [-0.15, -0.1) is 0 Å². The molecule has 2 atom stereocenters. The van der Waals surface area contributed by atoms with Gasteiger partial charge in [0, 0.05) is 25.4 Å². The molecule has 0 bridgehead atoms. The molecule has 1 saturated heterocycles. The summed E-state index contributed by atoms with van der Waals surface area (Å²) in [6.45, 7) is 1.78. The lowest BCUT2D eigenvalue weighted by Crippen LogP contribution is -2.29. The van der Waals surface area contributed by atoms with E-state index in [1.165, 1.54) is 12.1 Å². The normalized spacial score (nSPS) is 24.3.